The number of nitrogens with one attached hydrogen (secondary N) is 1. The van der Waals surface area contributed by atoms with Gasteiger partial charge in [-0.3, -0.25) is 9.59 Å². The van der Waals surface area contributed by atoms with E-state index in [-0.39, 0.29) is 11.9 Å². The molecule has 1 atom stereocenters. The van der Waals surface area contributed by atoms with Crippen molar-refractivity contribution in [3.8, 4) is 0 Å². The molecule has 0 unspecified atom stereocenters. The number of carbonyl (C=O) groups is 2. The molecular weight excluding hydrogens is 274 g/mol. The maximum atomic E-state index is 12.4. The molecule has 0 heterocycles. The van der Waals surface area contributed by atoms with Crippen LogP contribution in [-0.4, -0.2) is 18.2 Å². The SMILES string of the molecule is CCC[C@H](CC1CCCCC1)NC(=O)c1cccc(C=O)c1. The molecule has 1 aliphatic carbocycles. The minimum atomic E-state index is -0.0574. The number of benzene rings is 1. The highest BCUT2D eigenvalue weighted by Gasteiger charge is 2.20. The van der Waals surface area contributed by atoms with Gasteiger partial charge in [0.05, 0.1) is 0 Å². The zero-order valence-electron chi connectivity index (χ0n) is 13.5. The number of hydrogen-bond acceptors (Lipinski definition) is 2. The second kappa shape index (κ2) is 8.72. The minimum absolute atomic E-state index is 0.0574. The molecule has 3 heteroatoms. The summed E-state index contributed by atoms with van der Waals surface area (Å²) >= 11 is 0. The summed E-state index contributed by atoms with van der Waals surface area (Å²) in [5, 5.41) is 3.18. The Morgan fingerprint density at radius 3 is 2.77 bits per heavy atom. The van der Waals surface area contributed by atoms with Crippen molar-refractivity contribution in [3.05, 3.63) is 35.4 Å². The quantitative estimate of drug-likeness (QED) is 0.760. The van der Waals surface area contributed by atoms with E-state index < -0.39 is 0 Å². The number of rotatable bonds is 7. The van der Waals surface area contributed by atoms with E-state index in [1.54, 1.807) is 24.3 Å². The molecule has 120 valence electrons. The molecule has 2 rings (SSSR count). The first-order valence-electron chi connectivity index (χ1n) is 8.59. The highest BCUT2D eigenvalue weighted by Crippen LogP contribution is 2.28. The molecule has 0 bridgehead atoms. The van der Waals surface area contributed by atoms with Crippen LogP contribution < -0.4 is 5.32 Å². The molecule has 0 spiro atoms. The van der Waals surface area contributed by atoms with Gasteiger partial charge >= 0.3 is 0 Å². The summed E-state index contributed by atoms with van der Waals surface area (Å²) in [4.78, 5) is 23.2. The van der Waals surface area contributed by atoms with Crippen molar-refractivity contribution in [3.63, 3.8) is 0 Å². The van der Waals surface area contributed by atoms with Crippen molar-refractivity contribution in [2.24, 2.45) is 5.92 Å². The summed E-state index contributed by atoms with van der Waals surface area (Å²) in [7, 11) is 0. The summed E-state index contributed by atoms with van der Waals surface area (Å²) in [5.41, 5.74) is 1.13. The summed E-state index contributed by atoms with van der Waals surface area (Å²) < 4.78 is 0. The molecule has 1 N–H and O–H groups in total. The Balaban J connectivity index is 1.96. The van der Waals surface area contributed by atoms with Gasteiger partial charge < -0.3 is 5.32 Å². The van der Waals surface area contributed by atoms with Gasteiger partial charge in [-0.15, -0.1) is 0 Å². The second-order valence-electron chi connectivity index (χ2n) is 6.44. The molecule has 0 aliphatic heterocycles. The van der Waals surface area contributed by atoms with Gasteiger partial charge in [0.15, 0.2) is 0 Å². The van der Waals surface area contributed by atoms with Crippen LogP contribution in [0.4, 0.5) is 0 Å². The van der Waals surface area contributed by atoms with Crippen molar-refractivity contribution in [1.29, 1.82) is 0 Å². The minimum Gasteiger partial charge on any atom is -0.349 e. The van der Waals surface area contributed by atoms with Gasteiger partial charge in [0.25, 0.3) is 5.91 Å². The van der Waals surface area contributed by atoms with Crippen molar-refractivity contribution >= 4 is 12.2 Å². The highest BCUT2D eigenvalue weighted by atomic mass is 16.1. The normalized spacial score (nSPS) is 17.0. The molecule has 22 heavy (non-hydrogen) atoms. The molecule has 1 fully saturated rings. The fourth-order valence-electron chi connectivity index (χ4n) is 3.44. The Morgan fingerprint density at radius 2 is 2.09 bits per heavy atom. The van der Waals surface area contributed by atoms with Crippen LogP contribution in [0, 0.1) is 5.92 Å². The fraction of sp³-hybridized carbons (Fsp3) is 0.579. The van der Waals surface area contributed by atoms with Crippen LogP contribution in [0.3, 0.4) is 0 Å². The van der Waals surface area contributed by atoms with Crippen LogP contribution in [0.2, 0.25) is 0 Å². The molecule has 1 aliphatic rings. The van der Waals surface area contributed by atoms with E-state index in [0.29, 0.717) is 11.1 Å². The van der Waals surface area contributed by atoms with E-state index in [4.69, 9.17) is 0 Å². The Morgan fingerprint density at radius 1 is 1.32 bits per heavy atom. The largest absolute Gasteiger partial charge is 0.349 e. The summed E-state index contributed by atoms with van der Waals surface area (Å²) in [6.07, 6.45) is 10.6. The summed E-state index contributed by atoms with van der Waals surface area (Å²) in [5.74, 6) is 0.699. The van der Waals surface area contributed by atoms with E-state index in [1.807, 2.05) is 0 Å². The molecule has 1 aromatic carbocycles. The predicted molar refractivity (Wildman–Crippen MR) is 89.2 cm³/mol. The summed E-state index contributed by atoms with van der Waals surface area (Å²) in [6, 6.07) is 7.16. The van der Waals surface area contributed by atoms with Crippen LogP contribution >= 0.6 is 0 Å². The number of aldehydes is 1. The smallest absolute Gasteiger partial charge is 0.251 e. The van der Waals surface area contributed by atoms with Crippen LogP contribution in [0.1, 0.15) is 79.0 Å². The molecule has 0 saturated heterocycles. The first-order chi connectivity index (χ1) is 10.7. The predicted octanol–water partition coefficient (Wildman–Crippen LogP) is 4.37. The third-order valence-electron chi connectivity index (χ3n) is 4.60. The van der Waals surface area contributed by atoms with Crippen molar-refractivity contribution < 1.29 is 9.59 Å². The third-order valence-corrected chi connectivity index (χ3v) is 4.60. The van der Waals surface area contributed by atoms with Crippen LogP contribution in [-0.2, 0) is 0 Å². The Kier molecular flexibility index (Phi) is 6.63. The van der Waals surface area contributed by atoms with Gasteiger partial charge in [0.2, 0.25) is 0 Å². The van der Waals surface area contributed by atoms with Crippen molar-refractivity contribution in [2.45, 2.75) is 64.3 Å². The Bertz CT molecular complexity index is 492. The molecule has 1 aromatic rings. The molecule has 1 amide bonds. The highest BCUT2D eigenvalue weighted by molar-refractivity contribution is 5.95. The van der Waals surface area contributed by atoms with Crippen LogP contribution in [0.25, 0.3) is 0 Å². The van der Waals surface area contributed by atoms with Gasteiger partial charge in [0.1, 0.15) is 6.29 Å². The average Bonchev–Trinajstić information content (AvgIpc) is 2.56. The van der Waals surface area contributed by atoms with Crippen molar-refractivity contribution in [1.82, 2.24) is 5.32 Å². The zero-order chi connectivity index (χ0) is 15.8. The van der Waals surface area contributed by atoms with E-state index in [1.165, 1.54) is 32.1 Å². The third kappa shape index (κ3) is 4.97. The maximum absolute atomic E-state index is 12.4. The van der Waals surface area contributed by atoms with Crippen LogP contribution in [0.15, 0.2) is 24.3 Å². The lowest BCUT2D eigenvalue weighted by Gasteiger charge is -2.27. The molecular formula is C19H27NO2. The van der Waals surface area contributed by atoms with Gasteiger partial charge in [0, 0.05) is 17.2 Å². The van der Waals surface area contributed by atoms with Crippen LogP contribution in [0.5, 0.6) is 0 Å². The van der Waals surface area contributed by atoms with E-state index >= 15 is 0 Å². The Labute approximate surface area is 133 Å². The molecule has 3 nitrogen and oxygen atoms in total. The topological polar surface area (TPSA) is 46.2 Å². The number of hydrogen-bond donors (Lipinski definition) is 1. The Hall–Kier alpha value is -1.64. The van der Waals surface area contributed by atoms with E-state index in [0.717, 1.165) is 31.5 Å². The van der Waals surface area contributed by atoms with Gasteiger partial charge in [-0.2, -0.15) is 0 Å². The van der Waals surface area contributed by atoms with E-state index in [9.17, 15) is 9.59 Å². The number of amides is 1. The lowest BCUT2D eigenvalue weighted by molar-refractivity contribution is 0.0926. The average molecular weight is 301 g/mol. The first kappa shape index (κ1) is 16.7. The van der Waals surface area contributed by atoms with Gasteiger partial charge in [-0.1, -0.05) is 57.6 Å². The monoisotopic (exact) mass is 301 g/mol. The fourth-order valence-corrected chi connectivity index (χ4v) is 3.44. The lowest BCUT2D eigenvalue weighted by Crippen LogP contribution is -2.36. The maximum Gasteiger partial charge on any atom is 0.251 e. The molecule has 1 saturated carbocycles. The second-order valence-corrected chi connectivity index (χ2v) is 6.44. The summed E-state index contributed by atoms with van der Waals surface area (Å²) in [6.45, 7) is 2.16. The number of carbonyl (C=O) groups excluding carboxylic acids is 2. The van der Waals surface area contributed by atoms with E-state index in [2.05, 4.69) is 12.2 Å². The standard InChI is InChI=1S/C19H27NO2/c1-2-7-18(13-15-8-4-3-5-9-15)20-19(22)17-11-6-10-16(12-17)14-21/h6,10-12,14-15,18H,2-5,7-9,13H2,1H3,(H,20,22)/t18-/m1/s1. The molecule has 0 aromatic heterocycles. The zero-order valence-corrected chi connectivity index (χ0v) is 13.5. The lowest BCUT2D eigenvalue weighted by atomic mass is 9.84. The van der Waals surface area contributed by atoms with Gasteiger partial charge in [-0.05, 0) is 30.9 Å². The molecule has 0 radical (unpaired) electrons. The van der Waals surface area contributed by atoms with Gasteiger partial charge in [-0.25, -0.2) is 0 Å². The van der Waals surface area contributed by atoms with Crippen molar-refractivity contribution in [2.75, 3.05) is 0 Å². The first-order valence-corrected chi connectivity index (χ1v) is 8.59.